The minimum Gasteiger partial charge on any atom is -0.303 e. The first kappa shape index (κ1) is 16.2. The molecule has 2 rings (SSSR count). The molecule has 2 aliphatic rings. The minimum atomic E-state index is -2.56. The van der Waals surface area contributed by atoms with E-state index in [1.807, 2.05) is 11.1 Å². The zero-order chi connectivity index (χ0) is 15.5. The summed E-state index contributed by atoms with van der Waals surface area (Å²) in [5.74, 6) is -1.76. The average molecular weight is 302 g/mol. The Balaban J connectivity index is 1.95. The van der Waals surface area contributed by atoms with E-state index < -0.39 is 5.92 Å². The van der Waals surface area contributed by atoms with Crippen molar-refractivity contribution in [1.82, 2.24) is 20.2 Å². The molecule has 2 aliphatic heterocycles. The molecule has 0 bridgehead atoms. The number of rotatable bonds is 7. The Labute approximate surface area is 124 Å². The van der Waals surface area contributed by atoms with Crippen LogP contribution in [0.4, 0.5) is 8.78 Å². The van der Waals surface area contributed by atoms with Crippen LogP contribution in [0.3, 0.4) is 0 Å². The summed E-state index contributed by atoms with van der Waals surface area (Å²) in [5.41, 5.74) is 3.30. The standard InChI is InChI=1S/C14H24F2N4O/c1-3-4-6-20-13(18(2)11-21)8-12(17-20)9-19-7-5-14(15,16)10-19/h8,11-12,17H,3-7,9-10H2,1-2H3. The van der Waals surface area contributed by atoms with Gasteiger partial charge in [-0.1, -0.05) is 13.3 Å². The van der Waals surface area contributed by atoms with Crippen molar-refractivity contribution in [2.75, 3.05) is 33.2 Å². The van der Waals surface area contributed by atoms with Gasteiger partial charge in [0.2, 0.25) is 6.41 Å². The van der Waals surface area contributed by atoms with Crippen molar-refractivity contribution in [3.05, 3.63) is 11.9 Å². The molecule has 7 heteroatoms. The molecule has 0 aliphatic carbocycles. The Kier molecular flexibility index (Phi) is 5.16. The molecule has 1 amide bonds. The van der Waals surface area contributed by atoms with E-state index in [4.69, 9.17) is 0 Å². The van der Waals surface area contributed by atoms with E-state index >= 15 is 0 Å². The second-order valence-corrected chi connectivity index (χ2v) is 5.82. The molecule has 5 nitrogen and oxygen atoms in total. The van der Waals surface area contributed by atoms with Crippen molar-refractivity contribution >= 4 is 6.41 Å². The van der Waals surface area contributed by atoms with Crippen LogP contribution in [0.2, 0.25) is 0 Å². The smallest absolute Gasteiger partial charge is 0.261 e. The van der Waals surface area contributed by atoms with Gasteiger partial charge in [-0.05, 0) is 12.5 Å². The lowest BCUT2D eigenvalue weighted by Gasteiger charge is -2.27. The number of carbonyl (C=O) groups is 1. The lowest BCUT2D eigenvalue weighted by atomic mass is 10.3. The number of alkyl halides is 2. The van der Waals surface area contributed by atoms with Crippen LogP contribution in [0.15, 0.2) is 11.9 Å². The number of hydrogen-bond acceptors (Lipinski definition) is 4. The highest BCUT2D eigenvalue weighted by Gasteiger charge is 2.39. The van der Waals surface area contributed by atoms with Crippen molar-refractivity contribution in [3.8, 4) is 0 Å². The first-order chi connectivity index (χ1) is 9.95. The number of unbranched alkanes of at least 4 members (excludes halogenated alkanes) is 1. The highest BCUT2D eigenvalue weighted by Crippen LogP contribution is 2.27. The number of nitrogens with one attached hydrogen (secondary N) is 1. The molecule has 0 aromatic carbocycles. The number of nitrogens with zero attached hydrogens (tertiary/aromatic N) is 3. The van der Waals surface area contributed by atoms with Gasteiger partial charge in [0, 0.05) is 33.1 Å². The Morgan fingerprint density at radius 3 is 2.90 bits per heavy atom. The Hall–Kier alpha value is -1.21. The lowest BCUT2D eigenvalue weighted by Crippen LogP contribution is -2.45. The maximum atomic E-state index is 13.2. The number of likely N-dealkylation sites (tertiary alicyclic amines) is 1. The van der Waals surface area contributed by atoms with Gasteiger partial charge < -0.3 is 4.90 Å². The molecule has 120 valence electrons. The number of halogens is 2. The lowest BCUT2D eigenvalue weighted by molar-refractivity contribution is -0.116. The predicted octanol–water partition coefficient (Wildman–Crippen LogP) is 1.25. The normalized spacial score (nSPS) is 25.2. The second-order valence-electron chi connectivity index (χ2n) is 5.82. The summed E-state index contributed by atoms with van der Waals surface area (Å²) in [4.78, 5) is 14.3. The van der Waals surface area contributed by atoms with Crippen molar-refractivity contribution in [2.24, 2.45) is 0 Å². The molecule has 2 heterocycles. The largest absolute Gasteiger partial charge is 0.303 e. The summed E-state index contributed by atoms with van der Waals surface area (Å²) in [6.07, 6.45) is 4.70. The van der Waals surface area contributed by atoms with Crippen LogP contribution >= 0.6 is 0 Å². The molecule has 0 radical (unpaired) electrons. The fourth-order valence-corrected chi connectivity index (χ4v) is 2.77. The highest BCUT2D eigenvalue weighted by molar-refractivity contribution is 5.50. The van der Waals surface area contributed by atoms with Crippen molar-refractivity contribution in [2.45, 2.75) is 38.2 Å². The van der Waals surface area contributed by atoms with Gasteiger partial charge in [0.25, 0.3) is 5.92 Å². The minimum absolute atomic E-state index is 0.0341. The van der Waals surface area contributed by atoms with Crippen LogP contribution in [-0.4, -0.2) is 66.4 Å². The molecule has 1 unspecified atom stereocenters. The SMILES string of the molecule is CCCCN1NC(CN2CCC(F)(F)C2)C=C1N(C)C=O. The summed E-state index contributed by atoms with van der Waals surface area (Å²) in [6.45, 7) is 3.69. The van der Waals surface area contributed by atoms with E-state index in [9.17, 15) is 13.6 Å². The Morgan fingerprint density at radius 1 is 1.57 bits per heavy atom. The van der Waals surface area contributed by atoms with Crippen molar-refractivity contribution in [3.63, 3.8) is 0 Å². The van der Waals surface area contributed by atoms with Gasteiger partial charge in [0.05, 0.1) is 12.6 Å². The van der Waals surface area contributed by atoms with Crippen LogP contribution in [-0.2, 0) is 4.79 Å². The summed E-state index contributed by atoms with van der Waals surface area (Å²) >= 11 is 0. The van der Waals surface area contributed by atoms with Crippen LogP contribution in [0, 0.1) is 0 Å². The van der Waals surface area contributed by atoms with Crippen LogP contribution < -0.4 is 5.43 Å². The summed E-state index contributed by atoms with van der Waals surface area (Å²) in [7, 11) is 1.70. The van der Waals surface area contributed by atoms with Crippen molar-refractivity contribution in [1.29, 1.82) is 0 Å². The third-order valence-electron chi connectivity index (χ3n) is 3.91. The molecule has 1 fully saturated rings. The van der Waals surface area contributed by atoms with Gasteiger partial charge in [-0.2, -0.15) is 0 Å². The van der Waals surface area contributed by atoms with Crippen LogP contribution in [0.25, 0.3) is 0 Å². The van der Waals surface area contributed by atoms with Gasteiger partial charge in [-0.3, -0.25) is 14.7 Å². The monoisotopic (exact) mass is 302 g/mol. The van der Waals surface area contributed by atoms with E-state index in [0.717, 1.165) is 31.6 Å². The van der Waals surface area contributed by atoms with E-state index in [1.165, 1.54) is 4.90 Å². The molecule has 1 N–H and O–H groups in total. The van der Waals surface area contributed by atoms with E-state index in [0.29, 0.717) is 13.1 Å². The zero-order valence-electron chi connectivity index (χ0n) is 12.7. The third-order valence-corrected chi connectivity index (χ3v) is 3.91. The van der Waals surface area contributed by atoms with E-state index in [1.54, 1.807) is 11.9 Å². The molecule has 1 saturated heterocycles. The fourth-order valence-electron chi connectivity index (χ4n) is 2.77. The molecule has 0 spiro atoms. The third kappa shape index (κ3) is 4.14. The molecular formula is C14H24F2N4O. The topological polar surface area (TPSA) is 38.8 Å². The highest BCUT2D eigenvalue weighted by atomic mass is 19.3. The molecule has 0 saturated carbocycles. The quantitative estimate of drug-likeness (QED) is 0.718. The molecule has 21 heavy (non-hydrogen) atoms. The molecule has 0 aromatic heterocycles. The van der Waals surface area contributed by atoms with Gasteiger partial charge in [-0.15, -0.1) is 0 Å². The number of carbonyl (C=O) groups excluding carboxylic acids is 1. The first-order valence-corrected chi connectivity index (χ1v) is 7.49. The predicted molar refractivity (Wildman–Crippen MR) is 76.5 cm³/mol. The Bertz CT molecular complexity index is 402. The maximum Gasteiger partial charge on any atom is 0.261 e. The molecular weight excluding hydrogens is 278 g/mol. The van der Waals surface area contributed by atoms with E-state index in [-0.39, 0.29) is 19.0 Å². The summed E-state index contributed by atoms with van der Waals surface area (Å²) in [5, 5.41) is 1.94. The van der Waals surface area contributed by atoms with Gasteiger partial charge >= 0.3 is 0 Å². The summed E-state index contributed by atoms with van der Waals surface area (Å²) < 4.78 is 26.5. The summed E-state index contributed by atoms with van der Waals surface area (Å²) in [6, 6.07) is -0.0341. The Morgan fingerprint density at radius 2 is 2.33 bits per heavy atom. The van der Waals surface area contributed by atoms with Crippen LogP contribution in [0.5, 0.6) is 0 Å². The van der Waals surface area contributed by atoms with Crippen molar-refractivity contribution < 1.29 is 13.6 Å². The number of amides is 1. The maximum absolute atomic E-state index is 13.2. The zero-order valence-corrected chi connectivity index (χ0v) is 12.7. The van der Waals surface area contributed by atoms with Gasteiger partial charge in [0.1, 0.15) is 5.82 Å². The molecule has 1 atom stereocenters. The van der Waals surface area contributed by atoms with E-state index in [2.05, 4.69) is 12.3 Å². The first-order valence-electron chi connectivity index (χ1n) is 7.49. The second kappa shape index (κ2) is 6.70. The molecule has 0 aromatic rings. The fraction of sp³-hybridized carbons (Fsp3) is 0.786. The number of hydrogen-bond donors (Lipinski definition) is 1. The average Bonchev–Trinajstić information content (AvgIpc) is 2.99. The van der Waals surface area contributed by atoms with Gasteiger partial charge in [-0.25, -0.2) is 14.2 Å². The van der Waals surface area contributed by atoms with Gasteiger partial charge in [0.15, 0.2) is 0 Å². The van der Waals surface area contributed by atoms with Crippen LogP contribution in [0.1, 0.15) is 26.2 Å². The number of hydrazine groups is 1.